The van der Waals surface area contributed by atoms with Gasteiger partial charge < -0.3 is 14.6 Å². The van der Waals surface area contributed by atoms with Gasteiger partial charge in [0.1, 0.15) is 11.8 Å². The van der Waals surface area contributed by atoms with Crippen LogP contribution in [0.4, 0.5) is 0 Å². The smallest absolute Gasteiger partial charge is 0.208 e. The second-order valence-corrected chi connectivity index (χ2v) is 3.47. The van der Waals surface area contributed by atoms with Gasteiger partial charge in [0.05, 0.1) is 18.3 Å². The number of hydrogen-bond acceptors (Lipinski definition) is 4. The van der Waals surface area contributed by atoms with Gasteiger partial charge in [-0.1, -0.05) is 18.2 Å². The van der Waals surface area contributed by atoms with E-state index in [0.717, 1.165) is 16.5 Å². The zero-order chi connectivity index (χ0) is 11.0. The number of para-hydroxylation sites is 1. The summed E-state index contributed by atoms with van der Waals surface area (Å²) >= 11 is 0. The first kappa shape index (κ1) is 9.18. The minimum Gasteiger partial charge on any atom is -0.464 e. The van der Waals surface area contributed by atoms with Crippen LogP contribution >= 0.6 is 0 Å². The van der Waals surface area contributed by atoms with Gasteiger partial charge in [-0.05, 0) is 6.07 Å². The molecule has 4 nitrogen and oxygen atoms in total. The molecule has 80 valence electrons. The summed E-state index contributed by atoms with van der Waals surface area (Å²) in [6, 6.07) is 7.79. The van der Waals surface area contributed by atoms with Crippen LogP contribution in [-0.4, -0.2) is 4.98 Å². The van der Waals surface area contributed by atoms with E-state index in [9.17, 15) is 0 Å². The predicted octanol–water partition coefficient (Wildman–Crippen LogP) is 2.55. The average Bonchev–Trinajstić information content (AvgIpc) is 2.94. The molecule has 0 aliphatic heterocycles. The van der Waals surface area contributed by atoms with Crippen molar-refractivity contribution in [2.24, 2.45) is 5.73 Å². The second kappa shape index (κ2) is 3.50. The fourth-order valence-corrected chi connectivity index (χ4v) is 1.70. The van der Waals surface area contributed by atoms with Crippen molar-refractivity contribution in [3.8, 4) is 11.3 Å². The number of aromatic nitrogens is 1. The van der Waals surface area contributed by atoms with Gasteiger partial charge in [-0.2, -0.15) is 0 Å². The first-order valence-corrected chi connectivity index (χ1v) is 5.00. The molecule has 3 rings (SSSR count). The van der Waals surface area contributed by atoms with Gasteiger partial charge in [-0.3, -0.25) is 0 Å². The summed E-state index contributed by atoms with van der Waals surface area (Å²) in [5.41, 5.74) is 7.19. The number of rotatable bonds is 2. The molecule has 1 aromatic carbocycles. The quantitative estimate of drug-likeness (QED) is 0.711. The lowest BCUT2D eigenvalue weighted by Crippen LogP contribution is -1.94. The van der Waals surface area contributed by atoms with E-state index >= 15 is 0 Å². The van der Waals surface area contributed by atoms with Crippen LogP contribution < -0.4 is 5.73 Å². The molecule has 2 aromatic heterocycles. The highest BCUT2D eigenvalue weighted by Crippen LogP contribution is 2.30. The summed E-state index contributed by atoms with van der Waals surface area (Å²) in [6.45, 7) is 0.301. The molecule has 0 bridgehead atoms. The molecule has 0 radical (unpaired) electrons. The van der Waals surface area contributed by atoms with Crippen molar-refractivity contribution in [1.82, 2.24) is 4.98 Å². The Bertz CT molecular complexity index is 625. The first-order valence-electron chi connectivity index (χ1n) is 5.00. The molecule has 16 heavy (non-hydrogen) atoms. The summed E-state index contributed by atoms with van der Waals surface area (Å²) in [5, 5.41) is 1.02. The second-order valence-electron chi connectivity index (χ2n) is 3.47. The fourth-order valence-electron chi connectivity index (χ4n) is 1.70. The number of nitrogens with zero attached hydrogens (tertiary/aromatic N) is 1. The number of fused-ring (bicyclic) bond motifs is 1. The summed E-state index contributed by atoms with van der Waals surface area (Å²) in [7, 11) is 0. The van der Waals surface area contributed by atoms with Crippen molar-refractivity contribution in [2.45, 2.75) is 6.54 Å². The topological polar surface area (TPSA) is 65.2 Å². The summed E-state index contributed by atoms with van der Waals surface area (Å²) < 4.78 is 10.9. The average molecular weight is 214 g/mol. The number of hydrogen-bond donors (Lipinski definition) is 1. The molecule has 0 unspecified atom stereocenters. The molecule has 0 fully saturated rings. The van der Waals surface area contributed by atoms with E-state index in [1.165, 1.54) is 0 Å². The van der Waals surface area contributed by atoms with Crippen LogP contribution in [-0.2, 0) is 6.54 Å². The maximum atomic E-state index is 5.49. The van der Waals surface area contributed by atoms with Crippen LogP contribution in [0.5, 0.6) is 0 Å². The summed E-state index contributed by atoms with van der Waals surface area (Å²) in [6.07, 6.45) is 3.34. The Labute approximate surface area is 91.7 Å². The standard InChI is InChI=1S/C12H10N2O2/c13-5-12-14-6-11(16-12)9-7-15-10-4-2-1-3-8(9)10/h1-4,6-7H,5,13H2. The lowest BCUT2D eigenvalue weighted by molar-refractivity contribution is 0.508. The molecule has 4 heteroatoms. The van der Waals surface area contributed by atoms with Gasteiger partial charge >= 0.3 is 0 Å². The minimum absolute atomic E-state index is 0.301. The van der Waals surface area contributed by atoms with E-state index < -0.39 is 0 Å². The van der Waals surface area contributed by atoms with E-state index in [2.05, 4.69) is 4.98 Å². The maximum absolute atomic E-state index is 5.49. The predicted molar refractivity (Wildman–Crippen MR) is 59.6 cm³/mol. The zero-order valence-corrected chi connectivity index (χ0v) is 8.51. The van der Waals surface area contributed by atoms with E-state index in [1.54, 1.807) is 12.5 Å². The Morgan fingerprint density at radius 2 is 2.12 bits per heavy atom. The van der Waals surface area contributed by atoms with Crippen LogP contribution in [0, 0.1) is 0 Å². The number of benzene rings is 1. The Kier molecular flexibility index (Phi) is 2.01. The fraction of sp³-hybridized carbons (Fsp3) is 0.0833. The van der Waals surface area contributed by atoms with E-state index in [1.807, 2.05) is 24.3 Å². The molecular weight excluding hydrogens is 204 g/mol. The lowest BCUT2D eigenvalue weighted by Gasteiger charge is -1.91. The maximum Gasteiger partial charge on any atom is 0.208 e. The van der Waals surface area contributed by atoms with Crippen molar-refractivity contribution in [1.29, 1.82) is 0 Å². The molecule has 0 spiro atoms. The highest BCUT2D eigenvalue weighted by Gasteiger charge is 2.11. The van der Waals surface area contributed by atoms with E-state index in [4.69, 9.17) is 14.6 Å². The molecule has 0 saturated heterocycles. The third-order valence-corrected chi connectivity index (χ3v) is 2.47. The molecule has 0 aliphatic rings. The van der Waals surface area contributed by atoms with Crippen molar-refractivity contribution in [3.63, 3.8) is 0 Å². The van der Waals surface area contributed by atoms with Gasteiger partial charge in [-0.25, -0.2) is 4.98 Å². The summed E-state index contributed by atoms with van der Waals surface area (Å²) in [4.78, 5) is 4.06. The Morgan fingerprint density at radius 3 is 2.94 bits per heavy atom. The molecule has 0 atom stereocenters. The van der Waals surface area contributed by atoms with Crippen molar-refractivity contribution < 1.29 is 8.83 Å². The first-order chi connectivity index (χ1) is 7.88. The van der Waals surface area contributed by atoms with Crippen molar-refractivity contribution in [3.05, 3.63) is 42.6 Å². The van der Waals surface area contributed by atoms with E-state index in [0.29, 0.717) is 18.2 Å². The van der Waals surface area contributed by atoms with Crippen LogP contribution in [0.3, 0.4) is 0 Å². The van der Waals surface area contributed by atoms with Gasteiger partial charge in [0.15, 0.2) is 5.76 Å². The Hall–Kier alpha value is -2.07. The molecule has 2 N–H and O–H groups in total. The van der Waals surface area contributed by atoms with Crippen molar-refractivity contribution in [2.75, 3.05) is 0 Å². The molecular formula is C12H10N2O2. The number of oxazole rings is 1. The SMILES string of the molecule is NCc1ncc(-c2coc3ccccc23)o1. The lowest BCUT2D eigenvalue weighted by atomic mass is 10.1. The highest BCUT2D eigenvalue weighted by atomic mass is 16.4. The number of nitrogens with two attached hydrogens (primary N) is 1. The van der Waals surface area contributed by atoms with Crippen LogP contribution in [0.25, 0.3) is 22.3 Å². The van der Waals surface area contributed by atoms with Crippen LogP contribution in [0.2, 0.25) is 0 Å². The molecule has 3 aromatic rings. The molecule has 2 heterocycles. The largest absolute Gasteiger partial charge is 0.464 e. The highest BCUT2D eigenvalue weighted by molar-refractivity contribution is 5.92. The Balaban J connectivity index is 2.18. The minimum atomic E-state index is 0.301. The molecule has 0 saturated carbocycles. The van der Waals surface area contributed by atoms with Gasteiger partial charge in [0.2, 0.25) is 5.89 Å². The summed E-state index contributed by atoms with van der Waals surface area (Å²) in [5.74, 6) is 1.21. The van der Waals surface area contributed by atoms with Crippen molar-refractivity contribution >= 4 is 11.0 Å². The van der Waals surface area contributed by atoms with E-state index in [-0.39, 0.29) is 0 Å². The van der Waals surface area contributed by atoms with Crippen LogP contribution in [0.1, 0.15) is 5.89 Å². The van der Waals surface area contributed by atoms with Gasteiger partial charge in [0, 0.05) is 5.39 Å². The Morgan fingerprint density at radius 1 is 1.25 bits per heavy atom. The van der Waals surface area contributed by atoms with Gasteiger partial charge in [-0.15, -0.1) is 0 Å². The molecule has 0 aliphatic carbocycles. The third-order valence-electron chi connectivity index (χ3n) is 2.47. The monoisotopic (exact) mass is 214 g/mol. The normalized spacial score (nSPS) is 11.1. The number of furan rings is 1. The van der Waals surface area contributed by atoms with Crippen LogP contribution in [0.15, 0.2) is 45.6 Å². The van der Waals surface area contributed by atoms with Gasteiger partial charge in [0.25, 0.3) is 0 Å². The third kappa shape index (κ3) is 1.31. The zero-order valence-electron chi connectivity index (χ0n) is 8.51. The molecule has 0 amide bonds.